The Kier molecular flexibility index (Phi) is 11.9. The lowest BCUT2D eigenvalue weighted by atomic mass is 9.85. The number of benzene rings is 1. The quantitative estimate of drug-likeness (QED) is 0.287. The minimum atomic E-state index is -4.95. The van der Waals surface area contributed by atoms with E-state index >= 15 is 4.79 Å². The van der Waals surface area contributed by atoms with Crippen LogP contribution in [0.3, 0.4) is 0 Å². The predicted octanol–water partition coefficient (Wildman–Crippen LogP) is 4.30. The molecule has 2 aromatic rings. The molecule has 2 aliphatic carbocycles. The van der Waals surface area contributed by atoms with Gasteiger partial charge in [-0.05, 0) is 80.9 Å². The van der Waals surface area contributed by atoms with Crippen LogP contribution >= 0.6 is 0 Å². The summed E-state index contributed by atoms with van der Waals surface area (Å²) in [5.74, 6) is -2.87. The van der Waals surface area contributed by atoms with E-state index in [1.165, 1.54) is 26.0 Å². The van der Waals surface area contributed by atoms with E-state index in [4.69, 9.17) is 23.7 Å². The Morgan fingerprint density at radius 3 is 2.46 bits per heavy atom. The van der Waals surface area contributed by atoms with Crippen LogP contribution in [0.1, 0.15) is 72.1 Å². The van der Waals surface area contributed by atoms with Gasteiger partial charge in [0.25, 0.3) is 11.5 Å². The molecule has 7 rings (SSSR count). The second kappa shape index (κ2) is 16.4. The van der Waals surface area contributed by atoms with E-state index in [0.717, 1.165) is 0 Å². The van der Waals surface area contributed by atoms with Gasteiger partial charge in [0, 0.05) is 23.8 Å². The van der Waals surface area contributed by atoms with E-state index in [2.05, 4.69) is 20.3 Å². The molecule has 16 nitrogen and oxygen atoms in total. The molecule has 3 aliphatic heterocycles. The number of nitrogens with zero attached hydrogens (tertiary/aromatic N) is 2. The highest BCUT2D eigenvalue weighted by atomic mass is 32.2. The van der Waals surface area contributed by atoms with Gasteiger partial charge in [-0.2, -0.15) is 18.2 Å². The number of carbonyl (C=O) groups excluding carboxylic acids is 4. The number of alkyl halides is 3. The van der Waals surface area contributed by atoms with Gasteiger partial charge in [-0.15, -0.1) is 0 Å². The van der Waals surface area contributed by atoms with Crippen LogP contribution in [0.4, 0.5) is 18.0 Å². The number of allylic oxidation sites excluding steroid dienone is 1. The van der Waals surface area contributed by atoms with Gasteiger partial charge in [-0.25, -0.2) is 13.2 Å². The first-order valence-corrected chi connectivity index (χ1v) is 22.0. The van der Waals surface area contributed by atoms with Gasteiger partial charge < -0.3 is 39.2 Å². The number of methoxy groups -OCH3 is 2. The van der Waals surface area contributed by atoms with E-state index in [0.29, 0.717) is 55.0 Å². The maximum atomic E-state index is 15.0. The van der Waals surface area contributed by atoms with Crippen molar-refractivity contribution in [3.63, 3.8) is 0 Å². The van der Waals surface area contributed by atoms with Crippen LogP contribution in [0.5, 0.6) is 17.5 Å². The molecule has 20 heteroatoms. The van der Waals surface area contributed by atoms with Crippen molar-refractivity contribution >= 4 is 44.6 Å². The summed E-state index contributed by atoms with van der Waals surface area (Å²) < 4.78 is 96.8. The summed E-state index contributed by atoms with van der Waals surface area (Å²) >= 11 is 0. The van der Waals surface area contributed by atoms with Crippen molar-refractivity contribution in [1.82, 2.24) is 25.2 Å². The Hall–Kier alpha value is -4.85. The lowest BCUT2D eigenvalue weighted by molar-refractivity contribution is -0.331. The molecule has 61 heavy (non-hydrogen) atoms. The van der Waals surface area contributed by atoms with Crippen LogP contribution in [-0.4, -0.2) is 116 Å². The van der Waals surface area contributed by atoms with E-state index in [9.17, 15) is 36.0 Å². The molecule has 3 N–H and O–H groups in total. The van der Waals surface area contributed by atoms with Crippen LogP contribution in [-0.2, 0) is 33.9 Å². The highest BCUT2D eigenvalue weighted by Gasteiger charge is 2.65. The average Bonchev–Trinajstić information content (AvgIpc) is 4.08. The number of pyridine rings is 1. The van der Waals surface area contributed by atoms with Gasteiger partial charge in [0.2, 0.25) is 33.6 Å². The molecule has 0 radical (unpaired) electrons. The van der Waals surface area contributed by atoms with E-state index in [1.54, 1.807) is 37.3 Å². The number of amides is 4. The summed E-state index contributed by atoms with van der Waals surface area (Å²) in [7, 11) is -1.16. The molecule has 2 saturated heterocycles. The van der Waals surface area contributed by atoms with Crippen molar-refractivity contribution in [2.75, 3.05) is 34.0 Å². The zero-order chi connectivity index (χ0) is 44.1. The summed E-state index contributed by atoms with van der Waals surface area (Å²) in [6.07, 6.45) is -1.21. The average molecular weight is 880 g/mol. The normalized spacial score (nSPS) is 29.7. The number of fused-ring (bicyclic) bond motifs is 3. The molecular weight excluding hydrogens is 828 g/mol. The molecule has 0 spiro atoms. The largest absolute Gasteiger partial charge is 0.497 e. The van der Waals surface area contributed by atoms with Crippen molar-refractivity contribution in [2.45, 2.75) is 112 Å². The van der Waals surface area contributed by atoms with E-state index in [-0.39, 0.29) is 37.1 Å². The lowest BCUT2D eigenvalue weighted by Crippen LogP contribution is -2.65. The Bertz CT molecular complexity index is 2190. The second-order valence-electron chi connectivity index (χ2n) is 17.2. The van der Waals surface area contributed by atoms with Crippen LogP contribution in [0.25, 0.3) is 10.8 Å². The van der Waals surface area contributed by atoms with Gasteiger partial charge in [-0.3, -0.25) is 19.1 Å². The molecular formula is C41H52F3N5O11S. The van der Waals surface area contributed by atoms with Crippen molar-refractivity contribution in [3.8, 4) is 17.5 Å². The zero-order valence-electron chi connectivity index (χ0n) is 34.6. The molecule has 1 aromatic heterocycles. The third kappa shape index (κ3) is 8.66. The molecule has 2 saturated carbocycles. The van der Waals surface area contributed by atoms with Gasteiger partial charge in [0.1, 0.15) is 29.5 Å². The Balaban J connectivity index is 1.25. The van der Waals surface area contributed by atoms with Crippen molar-refractivity contribution in [1.29, 1.82) is 0 Å². The summed E-state index contributed by atoms with van der Waals surface area (Å²) in [4.78, 5) is 62.8. The molecule has 5 aliphatic rings. The van der Waals surface area contributed by atoms with Gasteiger partial charge in [0.05, 0.1) is 38.7 Å². The van der Waals surface area contributed by atoms with Crippen LogP contribution < -0.4 is 29.6 Å². The highest BCUT2D eigenvalue weighted by molar-refractivity contribution is 7.91. The number of hydrogen-bond acceptors (Lipinski definition) is 12. The number of sulfonamides is 1. The molecule has 4 amide bonds. The van der Waals surface area contributed by atoms with E-state index in [1.807, 2.05) is 13.0 Å². The molecule has 0 bridgehead atoms. The van der Waals surface area contributed by atoms with Gasteiger partial charge in [0.15, 0.2) is 0 Å². The topological polar surface area (TPSA) is 201 Å². The maximum absolute atomic E-state index is 15.0. The fraction of sp³-hybridized carbons (Fsp3) is 0.634. The summed E-state index contributed by atoms with van der Waals surface area (Å²) in [5, 5.41) is 6.45. The molecule has 4 heterocycles. The second-order valence-corrected chi connectivity index (χ2v) is 19.4. The fourth-order valence-corrected chi connectivity index (χ4v) is 9.69. The minimum Gasteiger partial charge on any atom is -0.497 e. The van der Waals surface area contributed by atoms with Crippen LogP contribution in [0.2, 0.25) is 0 Å². The molecule has 4 fully saturated rings. The summed E-state index contributed by atoms with van der Waals surface area (Å²) in [6.45, 7) is 3.21. The molecule has 334 valence electrons. The third-order valence-electron chi connectivity index (χ3n) is 12.8. The first-order chi connectivity index (χ1) is 28.8. The number of aromatic nitrogens is 1. The monoisotopic (exact) mass is 879 g/mol. The Morgan fingerprint density at radius 1 is 1.10 bits per heavy atom. The first kappa shape index (κ1) is 44.2. The number of rotatable bonds is 10. The number of nitrogens with one attached hydrogen (secondary N) is 3. The zero-order valence-corrected chi connectivity index (χ0v) is 35.5. The van der Waals surface area contributed by atoms with Gasteiger partial charge in [-0.1, -0.05) is 32.4 Å². The van der Waals surface area contributed by atoms with E-state index < -0.39 is 99.1 Å². The summed E-state index contributed by atoms with van der Waals surface area (Å²) in [5.41, 5.74) is -4.56. The first-order valence-electron chi connectivity index (χ1n) is 20.5. The maximum Gasteiger partial charge on any atom is 0.433 e. The van der Waals surface area contributed by atoms with Crippen LogP contribution in [0.15, 0.2) is 36.4 Å². The highest BCUT2D eigenvalue weighted by Crippen LogP contribution is 2.48. The van der Waals surface area contributed by atoms with Crippen molar-refractivity contribution in [2.24, 2.45) is 17.8 Å². The number of hydrogen-bond donors (Lipinski definition) is 3. The molecule has 1 aromatic carbocycles. The number of halogens is 3. The van der Waals surface area contributed by atoms with Crippen molar-refractivity contribution in [3.05, 3.63) is 36.4 Å². The Labute approximate surface area is 351 Å². The minimum absolute atomic E-state index is 0.0534. The fourth-order valence-electron chi connectivity index (χ4n) is 8.38. The number of carbonyl (C=O) groups is 4. The number of ether oxygens (including phenoxy) is 5. The summed E-state index contributed by atoms with van der Waals surface area (Å²) in [6, 6.07) is 4.03. The van der Waals surface area contributed by atoms with Gasteiger partial charge >= 0.3 is 12.3 Å². The van der Waals surface area contributed by atoms with Crippen molar-refractivity contribution < 1.29 is 64.5 Å². The van der Waals surface area contributed by atoms with Crippen LogP contribution in [0, 0.1) is 17.8 Å². The third-order valence-corrected chi connectivity index (χ3v) is 15.0. The number of alkyl carbamates (subject to hydrolysis) is 1. The standard InChI is InChI=1S/C41H52F3N5O11S/c1-6-24-15-23(2)9-7-8-10-26-19-40(26,36(52)48-61(54,55)38(3)13-14-38)47-33(50)30-18-28(59-34-29-12-11-27(56-4)16-25(29)17-31(45-34)57-5)20-49(30)35(51)32(24)46-37(53)60-39(21-58-22-39)41(42,43)44/h8,10-12,16-17,23-24,26,28,30,32H,6-7,9,13-15,18-22H2,1-5H3,(H,46,53)(H,47,50)(H,48,52). The predicted molar refractivity (Wildman–Crippen MR) is 212 cm³/mol. The molecule has 7 atom stereocenters. The lowest BCUT2D eigenvalue weighted by Gasteiger charge is -2.41. The molecule has 7 unspecified atom stereocenters. The smallest absolute Gasteiger partial charge is 0.433 e. The Morgan fingerprint density at radius 2 is 1.84 bits per heavy atom. The SMILES string of the molecule is CCC1CC(C)CCC=CC2CC2(C(=O)NS(=O)(=O)C2(C)CC2)NC(=O)C2CC(Oc3nc(OC)cc4cc(OC)ccc34)CN2C(=O)C1NC(=O)OC1(C(F)(F)F)COC1.